The average molecular weight is 275 g/mol. The van der Waals surface area contributed by atoms with E-state index in [2.05, 4.69) is 9.98 Å². The van der Waals surface area contributed by atoms with Gasteiger partial charge in [0.2, 0.25) is 16.0 Å². The molecule has 1 heterocycles. The molecule has 0 saturated heterocycles. The molecule has 0 radical (unpaired) electrons. The van der Waals surface area contributed by atoms with Crippen LogP contribution in [0, 0.1) is 5.92 Å². The monoisotopic (exact) mass is 275 g/mol. The molecular formula is C10H17N3O4S. The fourth-order valence-corrected chi connectivity index (χ4v) is 1.78. The number of guanidine groups is 1. The summed E-state index contributed by atoms with van der Waals surface area (Å²) in [4.78, 5) is 19.0. The van der Waals surface area contributed by atoms with Gasteiger partial charge in [-0.3, -0.25) is 0 Å². The Morgan fingerprint density at radius 3 is 2.44 bits per heavy atom. The number of rotatable bonds is 3. The zero-order chi connectivity index (χ0) is 14.1. The molecule has 0 aromatic rings. The first-order valence-corrected chi connectivity index (χ1v) is 7.29. The van der Waals surface area contributed by atoms with E-state index in [4.69, 9.17) is 5.11 Å². The second kappa shape index (κ2) is 5.05. The molecule has 0 bridgehead atoms. The molecule has 1 unspecified atom stereocenters. The van der Waals surface area contributed by atoms with Gasteiger partial charge in [0.25, 0.3) is 0 Å². The van der Waals surface area contributed by atoms with Crippen LogP contribution in [0.4, 0.5) is 0 Å². The molecule has 0 amide bonds. The highest BCUT2D eigenvalue weighted by Crippen LogP contribution is 2.16. The maximum absolute atomic E-state index is 11.4. The quantitative estimate of drug-likeness (QED) is 0.794. The minimum Gasteiger partial charge on any atom is -0.480 e. The van der Waals surface area contributed by atoms with E-state index in [1.54, 1.807) is 0 Å². The highest BCUT2D eigenvalue weighted by Gasteiger charge is 2.28. The molecule has 1 N–H and O–H groups in total. The number of aliphatic carboxylic acids is 1. The van der Waals surface area contributed by atoms with E-state index in [0.29, 0.717) is 5.71 Å². The van der Waals surface area contributed by atoms with Gasteiger partial charge < -0.3 is 5.11 Å². The van der Waals surface area contributed by atoms with E-state index in [9.17, 15) is 13.2 Å². The Morgan fingerprint density at radius 2 is 2.06 bits per heavy atom. The average Bonchev–Trinajstić information content (AvgIpc) is 2.26. The molecule has 1 aliphatic rings. The van der Waals surface area contributed by atoms with Crippen LogP contribution in [0.25, 0.3) is 0 Å². The number of sulfonamides is 1. The zero-order valence-electron chi connectivity index (χ0n) is 10.8. The van der Waals surface area contributed by atoms with Gasteiger partial charge in [-0.1, -0.05) is 13.8 Å². The van der Waals surface area contributed by atoms with Gasteiger partial charge in [0.15, 0.2) is 6.04 Å². The van der Waals surface area contributed by atoms with Crippen molar-refractivity contribution in [1.29, 1.82) is 0 Å². The lowest BCUT2D eigenvalue weighted by atomic mass is 10.00. The highest BCUT2D eigenvalue weighted by molar-refractivity contribution is 7.88. The highest BCUT2D eigenvalue weighted by atomic mass is 32.2. The van der Waals surface area contributed by atoms with Gasteiger partial charge in [-0.15, -0.1) is 0 Å². The van der Waals surface area contributed by atoms with Gasteiger partial charge in [-0.2, -0.15) is 0 Å². The van der Waals surface area contributed by atoms with E-state index in [-0.39, 0.29) is 18.3 Å². The minimum absolute atomic E-state index is 0.0466. The smallest absolute Gasteiger partial charge is 0.328 e. The number of nitrogens with zero attached hydrogens (tertiary/aromatic N) is 3. The summed E-state index contributed by atoms with van der Waals surface area (Å²) in [6, 6.07) is -0.973. The lowest BCUT2D eigenvalue weighted by molar-refractivity contribution is -0.138. The van der Waals surface area contributed by atoms with Gasteiger partial charge in [0, 0.05) is 19.2 Å². The van der Waals surface area contributed by atoms with Gasteiger partial charge in [-0.25, -0.2) is 27.5 Å². The molecule has 102 valence electrons. The van der Waals surface area contributed by atoms with Crippen molar-refractivity contribution in [2.75, 3.05) is 13.3 Å². The van der Waals surface area contributed by atoms with E-state index in [1.807, 2.05) is 13.8 Å². The first-order valence-electron chi connectivity index (χ1n) is 5.45. The van der Waals surface area contributed by atoms with Crippen LogP contribution in [0.3, 0.4) is 0 Å². The van der Waals surface area contributed by atoms with Crippen molar-refractivity contribution in [1.82, 2.24) is 4.31 Å². The summed E-state index contributed by atoms with van der Waals surface area (Å²) >= 11 is 0. The Kier molecular flexibility index (Phi) is 4.10. The third-order valence-electron chi connectivity index (χ3n) is 2.65. The van der Waals surface area contributed by atoms with Crippen molar-refractivity contribution in [3.8, 4) is 0 Å². The number of hydrogen-bond donors (Lipinski definition) is 1. The van der Waals surface area contributed by atoms with Crippen LogP contribution < -0.4 is 0 Å². The molecule has 0 aromatic heterocycles. The summed E-state index contributed by atoms with van der Waals surface area (Å²) in [6.45, 7) is 3.75. The minimum atomic E-state index is -3.50. The molecule has 0 aromatic carbocycles. The molecule has 8 heteroatoms. The van der Waals surface area contributed by atoms with E-state index in [0.717, 1.165) is 10.6 Å². The maximum Gasteiger partial charge on any atom is 0.328 e. The first-order chi connectivity index (χ1) is 8.12. The van der Waals surface area contributed by atoms with Crippen LogP contribution in [0.15, 0.2) is 9.98 Å². The summed E-state index contributed by atoms with van der Waals surface area (Å²) in [7, 11) is -2.19. The van der Waals surface area contributed by atoms with Crippen LogP contribution in [0.1, 0.15) is 20.3 Å². The van der Waals surface area contributed by atoms with E-state index < -0.39 is 22.0 Å². The largest absolute Gasteiger partial charge is 0.480 e. The predicted octanol–water partition coefficient (Wildman–Crippen LogP) is 0.188. The van der Waals surface area contributed by atoms with Crippen molar-refractivity contribution in [3.63, 3.8) is 0 Å². The number of hydrogen-bond acceptors (Lipinski definition) is 5. The Hall–Kier alpha value is -1.44. The number of carbonyl (C=O) groups is 1. The summed E-state index contributed by atoms with van der Waals surface area (Å²) in [6.07, 6.45) is 1.23. The molecule has 0 aliphatic carbocycles. The SMILES string of the molecule is CC(C)C1=NC(N(C)S(C)(=O)=O)=NC(C(=O)O)C1. The van der Waals surface area contributed by atoms with Gasteiger partial charge in [-0.05, 0) is 5.92 Å². The molecule has 0 spiro atoms. The van der Waals surface area contributed by atoms with Crippen LogP contribution in [-0.4, -0.2) is 54.8 Å². The predicted molar refractivity (Wildman–Crippen MR) is 68.4 cm³/mol. The fraction of sp³-hybridized carbons (Fsp3) is 0.700. The lowest BCUT2D eigenvalue weighted by Crippen LogP contribution is -2.38. The third kappa shape index (κ3) is 3.28. The normalized spacial score (nSPS) is 20.4. The number of carboxylic acid groups (broad SMARTS) is 1. The van der Waals surface area contributed by atoms with Gasteiger partial charge in [0.05, 0.1) is 6.26 Å². The van der Waals surface area contributed by atoms with Crippen molar-refractivity contribution >= 4 is 27.7 Å². The zero-order valence-corrected chi connectivity index (χ0v) is 11.6. The summed E-state index contributed by atoms with van der Waals surface area (Å²) in [5, 5.41) is 9.01. The van der Waals surface area contributed by atoms with Crippen LogP contribution in [-0.2, 0) is 14.8 Å². The van der Waals surface area contributed by atoms with E-state index >= 15 is 0 Å². The summed E-state index contributed by atoms with van der Waals surface area (Å²) in [5.74, 6) is -1.10. The molecule has 1 aliphatic heterocycles. The summed E-state index contributed by atoms with van der Waals surface area (Å²) in [5.41, 5.74) is 0.642. The second-order valence-electron chi connectivity index (χ2n) is 4.48. The molecule has 1 atom stereocenters. The number of carboxylic acids is 1. The third-order valence-corrected chi connectivity index (χ3v) is 3.81. The molecule has 0 saturated carbocycles. The van der Waals surface area contributed by atoms with Crippen molar-refractivity contribution in [2.45, 2.75) is 26.3 Å². The van der Waals surface area contributed by atoms with Crippen molar-refractivity contribution in [2.24, 2.45) is 15.9 Å². The Morgan fingerprint density at radius 1 is 1.50 bits per heavy atom. The van der Waals surface area contributed by atoms with Crippen LogP contribution in [0.2, 0.25) is 0 Å². The van der Waals surface area contributed by atoms with Crippen LogP contribution >= 0.6 is 0 Å². The van der Waals surface area contributed by atoms with Crippen molar-refractivity contribution in [3.05, 3.63) is 0 Å². The summed E-state index contributed by atoms with van der Waals surface area (Å²) < 4.78 is 23.7. The topological polar surface area (TPSA) is 99.4 Å². The van der Waals surface area contributed by atoms with E-state index in [1.165, 1.54) is 7.05 Å². The Bertz CT molecular complexity index is 507. The Balaban J connectivity index is 3.17. The maximum atomic E-state index is 11.4. The lowest BCUT2D eigenvalue weighted by Gasteiger charge is -2.24. The molecular weight excluding hydrogens is 258 g/mol. The number of aliphatic imine (C=N–C) groups is 2. The van der Waals surface area contributed by atoms with Gasteiger partial charge in [0.1, 0.15) is 0 Å². The Labute approximate surface area is 106 Å². The molecule has 1 rings (SSSR count). The fourth-order valence-electron chi connectivity index (χ4n) is 1.39. The van der Waals surface area contributed by atoms with Crippen molar-refractivity contribution < 1.29 is 18.3 Å². The molecule has 0 fully saturated rings. The standard InChI is InChI=1S/C10H17N3O4S/c1-6(2)7-5-8(9(14)15)12-10(11-7)13(3)18(4,16)17/h6,8H,5H2,1-4H3,(H,14,15). The second-order valence-corrected chi connectivity index (χ2v) is 6.49. The van der Waals surface area contributed by atoms with Gasteiger partial charge >= 0.3 is 5.97 Å². The molecule has 18 heavy (non-hydrogen) atoms. The first kappa shape index (κ1) is 14.6. The molecule has 7 nitrogen and oxygen atoms in total. The van der Waals surface area contributed by atoms with Crippen LogP contribution in [0.5, 0.6) is 0 Å².